The number of ketones is 1. The van der Waals surface area contributed by atoms with Gasteiger partial charge in [-0.1, -0.05) is 12.1 Å². The van der Waals surface area contributed by atoms with Crippen LogP contribution in [0.2, 0.25) is 0 Å². The monoisotopic (exact) mass is 268 g/mol. The lowest BCUT2D eigenvalue weighted by Crippen LogP contribution is -2.10. The van der Waals surface area contributed by atoms with Crippen molar-refractivity contribution in [1.29, 1.82) is 0 Å². The Balaban J connectivity index is 1.89. The van der Waals surface area contributed by atoms with Crippen molar-refractivity contribution in [3.63, 3.8) is 0 Å². The van der Waals surface area contributed by atoms with E-state index in [-0.39, 0.29) is 5.78 Å². The van der Waals surface area contributed by atoms with Gasteiger partial charge in [-0.2, -0.15) is 0 Å². The fourth-order valence-corrected chi connectivity index (χ4v) is 2.25. The van der Waals surface area contributed by atoms with Crippen LogP contribution in [0.5, 0.6) is 11.6 Å². The molecule has 3 rings (SSSR count). The average molecular weight is 268 g/mol. The van der Waals surface area contributed by atoms with Crippen LogP contribution in [0, 0.1) is 0 Å². The highest BCUT2D eigenvalue weighted by Crippen LogP contribution is 2.32. The molecule has 1 amide bonds. The number of carbonyl (C=O) groups excluding carboxylic acids is 2. The molecule has 2 aromatic rings. The van der Waals surface area contributed by atoms with E-state index in [2.05, 4.69) is 4.98 Å². The lowest BCUT2D eigenvalue weighted by atomic mass is 10.1. The first-order chi connectivity index (χ1) is 9.65. The Morgan fingerprint density at radius 1 is 1.20 bits per heavy atom. The third kappa shape index (κ3) is 2.14. The van der Waals surface area contributed by atoms with Crippen LogP contribution < -0.4 is 10.5 Å². The largest absolute Gasteiger partial charge is 0.439 e. The third-order valence-electron chi connectivity index (χ3n) is 3.27. The fraction of sp³-hybridized carbons (Fsp3) is 0.133. The Kier molecular flexibility index (Phi) is 2.95. The predicted molar refractivity (Wildman–Crippen MR) is 71.9 cm³/mol. The van der Waals surface area contributed by atoms with Gasteiger partial charge in [-0.05, 0) is 18.6 Å². The zero-order valence-electron chi connectivity index (χ0n) is 10.6. The summed E-state index contributed by atoms with van der Waals surface area (Å²) >= 11 is 0. The second kappa shape index (κ2) is 4.77. The Labute approximate surface area is 115 Å². The predicted octanol–water partition coefficient (Wildman–Crippen LogP) is 2.10. The summed E-state index contributed by atoms with van der Waals surface area (Å²) in [4.78, 5) is 26.7. The van der Waals surface area contributed by atoms with Gasteiger partial charge >= 0.3 is 0 Å². The van der Waals surface area contributed by atoms with E-state index in [0.29, 0.717) is 30.0 Å². The Bertz CT molecular complexity index is 693. The standard InChI is InChI=1S/C15H12N2O3/c16-15(19)9-4-7-14(17-8-9)20-13-3-1-2-10-11(13)5-6-12(10)18/h1-4,7-8H,5-6H2,(H2,16,19). The molecule has 0 fully saturated rings. The normalized spacial score (nSPS) is 13.1. The number of hydrogen-bond acceptors (Lipinski definition) is 4. The van der Waals surface area contributed by atoms with Crippen molar-refractivity contribution in [1.82, 2.24) is 4.98 Å². The molecule has 5 heteroatoms. The van der Waals surface area contributed by atoms with E-state index in [1.54, 1.807) is 30.3 Å². The Morgan fingerprint density at radius 3 is 2.75 bits per heavy atom. The summed E-state index contributed by atoms with van der Waals surface area (Å²) < 4.78 is 5.69. The Hall–Kier alpha value is -2.69. The van der Waals surface area contributed by atoms with Gasteiger partial charge in [-0.15, -0.1) is 0 Å². The summed E-state index contributed by atoms with van der Waals surface area (Å²) in [5.74, 6) is 0.605. The molecule has 0 aliphatic heterocycles. The van der Waals surface area contributed by atoms with Crippen LogP contribution >= 0.6 is 0 Å². The SMILES string of the molecule is NC(=O)c1ccc(Oc2cccc3c2CCC3=O)nc1. The van der Waals surface area contributed by atoms with Crippen LogP contribution in [-0.2, 0) is 6.42 Å². The first-order valence-corrected chi connectivity index (χ1v) is 6.24. The minimum absolute atomic E-state index is 0.141. The number of amides is 1. The number of Topliss-reactive ketones (excluding diaryl/α,β-unsaturated/α-hetero) is 1. The molecular formula is C15H12N2O3. The van der Waals surface area contributed by atoms with E-state index in [9.17, 15) is 9.59 Å². The third-order valence-corrected chi connectivity index (χ3v) is 3.27. The van der Waals surface area contributed by atoms with Gasteiger partial charge in [0.1, 0.15) is 5.75 Å². The number of primary amides is 1. The average Bonchev–Trinajstić information content (AvgIpc) is 2.82. The highest BCUT2D eigenvalue weighted by molar-refractivity contribution is 6.01. The molecule has 0 bridgehead atoms. The van der Waals surface area contributed by atoms with Crippen LogP contribution in [0.1, 0.15) is 32.7 Å². The van der Waals surface area contributed by atoms with Crippen molar-refractivity contribution in [3.05, 3.63) is 53.2 Å². The van der Waals surface area contributed by atoms with E-state index in [0.717, 1.165) is 11.1 Å². The highest BCUT2D eigenvalue weighted by Gasteiger charge is 2.22. The van der Waals surface area contributed by atoms with Gasteiger partial charge in [-0.3, -0.25) is 9.59 Å². The van der Waals surface area contributed by atoms with Gasteiger partial charge in [0.2, 0.25) is 11.8 Å². The Morgan fingerprint density at radius 2 is 2.05 bits per heavy atom. The minimum atomic E-state index is -0.532. The second-order valence-electron chi connectivity index (χ2n) is 4.56. The molecule has 20 heavy (non-hydrogen) atoms. The number of rotatable bonds is 3. The summed E-state index contributed by atoms with van der Waals surface area (Å²) in [6, 6.07) is 8.53. The number of fused-ring (bicyclic) bond motifs is 1. The van der Waals surface area contributed by atoms with E-state index < -0.39 is 5.91 Å². The lowest BCUT2D eigenvalue weighted by molar-refractivity contribution is 0.0988. The van der Waals surface area contributed by atoms with Gasteiger partial charge in [0.05, 0.1) is 5.56 Å². The van der Waals surface area contributed by atoms with Crippen LogP contribution in [0.3, 0.4) is 0 Å². The van der Waals surface area contributed by atoms with Gasteiger partial charge in [0.25, 0.3) is 0 Å². The molecular weight excluding hydrogens is 256 g/mol. The number of ether oxygens (including phenoxy) is 1. The van der Waals surface area contributed by atoms with Gasteiger partial charge < -0.3 is 10.5 Å². The maximum absolute atomic E-state index is 11.7. The molecule has 2 N–H and O–H groups in total. The number of benzene rings is 1. The van der Waals surface area contributed by atoms with Gasteiger partial charge in [0.15, 0.2) is 5.78 Å². The summed E-state index contributed by atoms with van der Waals surface area (Å²) in [5.41, 5.74) is 7.11. The molecule has 1 heterocycles. The van der Waals surface area contributed by atoms with Gasteiger partial charge in [0, 0.05) is 29.8 Å². The number of aromatic nitrogens is 1. The first-order valence-electron chi connectivity index (χ1n) is 6.24. The molecule has 5 nitrogen and oxygen atoms in total. The molecule has 1 aromatic heterocycles. The van der Waals surface area contributed by atoms with Crippen molar-refractivity contribution < 1.29 is 14.3 Å². The number of carbonyl (C=O) groups is 2. The van der Waals surface area contributed by atoms with Gasteiger partial charge in [-0.25, -0.2) is 4.98 Å². The quantitative estimate of drug-likeness (QED) is 0.924. The molecule has 100 valence electrons. The molecule has 1 aromatic carbocycles. The van der Waals surface area contributed by atoms with Crippen molar-refractivity contribution in [2.24, 2.45) is 5.73 Å². The van der Waals surface area contributed by atoms with E-state index in [4.69, 9.17) is 10.5 Å². The number of nitrogens with two attached hydrogens (primary N) is 1. The zero-order chi connectivity index (χ0) is 14.1. The summed E-state index contributed by atoms with van der Waals surface area (Å²) in [6.07, 6.45) is 2.57. The summed E-state index contributed by atoms with van der Waals surface area (Å²) in [7, 11) is 0. The molecule has 1 aliphatic rings. The van der Waals surface area contributed by atoms with E-state index in [1.807, 2.05) is 0 Å². The summed E-state index contributed by atoms with van der Waals surface area (Å²) in [5, 5.41) is 0. The minimum Gasteiger partial charge on any atom is -0.439 e. The van der Waals surface area contributed by atoms with Crippen LogP contribution in [-0.4, -0.2) is 16.7 Å². The zero-order valence-corrected chi connectivity index (χ0v) is 10.6. The van der Waals surface area contributed by atoms with Crippen molar-refractivity contribution in [2.75, 3.05) is 0 Å². The lowest BCUT2D eigenvalue weighted by Gasteiger charge is -2.09. The van der Waals surface area contributed by atoms with Crippen LogP contribution in [0.25, 0.3) is 0 Å². The number of hydrogen-bond donors (Lipinski definition) is 1. The first kappa shape index (κ1) is 12.3. The van der Waals surface area contributed by atoms with Crippen LogP contribution in [0.4, 0.5) is 0 Å². The molecule has 0 saturated heterocycles. The van der Waals surface area contributed by atoms with Crippen molar-refractivity contribution >= 4 is 11.7 Å². The maximum Gasteiger partial charge on any atom is 0.250 e. The fourth-order valence-electron chi connectivity index (χ4n) is 2.25. The summed E-state index contributed by atoms with van der Waals surface area (Å²) in [6.45, 7) is 0. The topological polar surface area (TPSA) is 82.3 Å². The molecule has 0 spiro atoms. The smallest absolute Gasteiger partial charge is 0.250 e. The van der Waals surface area contributed by atoms with E-state index >= 15 is 0 Å². The van der Waals surface area contributed by atoms with Crippen molar-refractivity contribution in [3.8, 4) is 11.6 Å². The second-order valence-corrected chi connectivity index (χ2v) is 4.56. The maximum atomic E-state index is 11.7. The number of nitrogens with zero attached hydrogens (tertiary/aromatic N) is 1. The van der Waals surface area contributed by atoms with Crippen LogP contribution in [0.15, 0.2) is 36.5 Å². The highest BCUT2D eigenvalue weighted by atomic mass is 16.5. The van der Waals surface area contributed by atoms with Crippen molar-refractivity contribution in [2.45, 2.75) is 12.8 Å². The molecule has 0 atom stereocenters. The number of pyridine rings is 1. The molecule has 1 aliphatic carbocycles. The molecule has 0 unspecified atom stereocenters. The molecule has 0 radical (unpaired) electrons. The van der Waals surface area contributed by atoms with E-state index in [1.165, 1.54) is 6.20 Å². The molecule has 0 saturated carbocycles.